The molecule has 3 aliphatic rings. The van der Waals surface area contributed by atoms with Gasteiger partial charge in [-0.2, -0.15) is 0 Å². The van der Waals surface area contributed by atoms with Crippen molar-refractivity contribution in [3.63, 3.8) is 0 Å². The van der Waals surface area contributed by atoms with Crippen molar-refractivity contribution in [2.75, 3.05) is 13.7 Å². The highest BCUT2D eigenvalue weighted by molar-refractivity contribution is 5.60. The van der Waals surface area contributed by atoms with Crippen LogP contribution in [0, 0.1) is 0 Å². The second-order valence-electron chi connectivity index (χ2n) is 5.87. The maximum Gasteiger partial charge on any atom is 0.166 e. The lowest BCUT2D eigenvalue weighted by molar-refractivity contribution is 0.0851. The van der Waals surface area contributed by atoms with Gasteiger partial charge in [0, 0.05) is 18.5 Å². The van der Waals surface area contributed by atoms with E-state index < -0.39 is 6.10 Å². The fraction of sp³-hybridized carbons (Fsp3) is 0.500. The van der Waals surface area contributed by atoms with E-state index in [1.165, 1.54) is 11.1 Å². The minimum atomic E-state index is -0.411. The molecule has 0 unspecified atom stereocenters. The number of aliphatic hydroxyl groups is 1. The lowest BCUT2D eigenvalue weighted by Crippen LogP contribution is -2.42. The molecule has 106 valence electrons. The molecule has 3 atom stereocenters. The van der Waals surface area contributed by atoms with Crippen molar-refractivity contribution in [2.24, 2.45) is 0 Å². The van der Waals surface area contributed by atoms with Crippen LogP contribution in [-0.2, 0) is 12.0 Å². The molecular formula is C16H19NO3. The first kappa shape index (κ1) is 12.2. The van der Waals surface area contributed by atoms with Gasteiger partial charge < -0.3 is 19.9 Å². The van der Waals surface area contributed by atoms with E-state index in [0.717, 1.165) is 31.0 Å². The van der Waals surface area contributed by atoms with Crippen molar-refractivity contribution in [1.29, 1.82) is 0 Å². The van der Waals surface area contributed by atoms with Gasteiger partial charge in [-0.3, -0.25) is 0 Å². The molecule has 1 aromatic carbocycles. The molecule has 4 rings (SSSR count). The lowest BCUT2D eigenvalue weighted by Gasteiger charge is -2.35. The molecule has 2 heterocycles. The Morgan fingerprint density at radius 1 is 1.45 bits per heavy atom. The molecule has 0 amide bonds. The molecule has 0 radical (unpaired) electrons. The van der Waals surface area contributed by atoms with Gasteiger partial charge in [0.1, 0.15) is 6.10 Å². The second-order valence-corrected chi connectivity index (χ2v) is 5.87. The van der Waals surface area contributed by atoms with Gasteiger partial charge in [-0.25, -0.2) is 0 Å². The zero-order valence-electron chi connectivity index (χ0n) is 11.6. The summed E-state index contributed by atoms with van der Waals surface area (Å²) < 4.78 is 11.7. The predicted octanol–water partition coefficient (Wildman–Crippen LogP) is 1.51. The smallest absolute Gasteiger partial charge is 0.166 e. The molecule has 0 saturated carbocycles. The summed E-state index contributed by atoms with van der Waals surface area (Å²) in [6, 6.07) is 4.11. The van der Waals surface area contributed by atoms with Crippen molar-refractivity contribution >= 4 is 0 Å². The molecule has 1 spiro atoms. The van der Waals surface area contributed by atoms with Crippen molar-refractivity contribution in [3.05, 3.63) is 35.4 Å². The topological polar surface area (TPSA) is 50.7 Å². The van der Waals surface area contributed by atoms with Crippen LogP contribution in [0.2, 0.25) is 0 Å². The van der Waals surface area contributed by atoms with Crippen LogP contribution in [-0.4, -0.2) is 31.0 Å². The highest BCUT2D eigenvalue weighted by Gasteiger charge is 2.52. The van der Waals surface area contributed by atoms with Gasteiger partial charge in [0.25, 0.3) is 0 Å². The first-order valence-electron chi connectivity index (χ1n) is 7.20. The third kappa shape index (κ3) is 1.49. The Kier molecular flexibility index (Phi) is 2.59. The van der Waals surface area contributed by atoms with E-state index in [4.69, 9.17) is 9.47 Å². The third-order valence-corrected chi connectivity index (χ3v) is 4.83. The Balaban J connectivity index is 1.96. The van der Waals surface area contributed by atoms with Gasteiger partial charge in [-0.15, -0.1) is 0 Å². The van der Waals surface area contributed by atoms with Crippen LogP contribution in [0.3, 0.4) is 0 Å². The van der Waals surface area contributed by atoms with Gasteiger partial charge in [0.2, 0.25) is 0 Å². The zero-order valence-corrected chi connectivity index (χ0v) is 11.6. The molecule has 4 heteroatoms. The summed E-state index contributed by atoms with van der Waals surface area (Å²) in [5.41, 5.74) is 2.43. The first-order chi connectivity index (χ1) is 9.74. The molecule has 0 fully saturated rings. The molecule has 4 nitrogen and oxygen atoms in total. The standard InChI is InChI=1S/C16H19NO3/c1-19-12-3-2-10-9-17-7-6-16-5-4-11(18)8-13(16)20-15(12)14(10)16/h2-5,11,13,17-18H,6-9H2,1H3/t11-,13-,16+/m0/s1. The Labute approximate surface area is 118 Å². The zero-order chi connectivity index (χ0) is 13.7. The first-order valence-corrected chi connectivity index (χ1v) is 7.20. The third-order valence-electron chi connectivity index (χ3n) is 4.83. The summed E-state index contributed by atoms with van der Waals surface area (Å²) in [6.07, 6.45) is 5.32. The number of nitrogens with one attached hydrogen (secondary N) is 1. The van der Waals surface area contributed by atoms with Gasteiger partial charge in [0.05, 0.1) is 18.6 Å². The Morgan fingerprint density at radius 3 is 3.20 bits per heavy atom. The molecule has 0 saturated heterocycles. The average molecular weight is 273 g/mol. The van der Waals surface area contributed by atoms with E-state index >= 15 is 0 Å². The van der Waals surface area contributed by atoms with Crippen molar-refractivity contribution in [1.82, 2.24) is 5.32 Å². The summed E-state index contributed by atoms with van der Waals surface area (Å²) in [6.45, 7) is 1.82. The molecule has 2 N–H and O–H groups in total. The number of hydrogen-bond acceptors (Lipinski definition) is 4. The van der Waals surface area contributed by atoms with E-state index in [2.05, 4.69) is 17.5 Å². The van der Waals surface area contributed by atoms with Crippen LogP contribution in [0.1, 0.15) is 24.0 Å². The molecule has 1 aliphatic carbocycles. The number of aliphatic hydroxyl groups excluding tert-OH is 1. The van der Waals surface area contributed by atoms with Crippen LogP contribution >= 0.6 is 0 Å². The minimum Gasteiger partial charge on any atom is -0.493 e. The quantitative estimate of drug-likeness (QED) is 0.762. The van der Waals surface area contributed by atoms with Crippen LogP contribution in [0.25, 0.3) is 0 Å². The number of hydrogen-bond donors (Lipinski definition) is 2. The Hall–Kier alpha value is -1.52. The summed E-state index contributed by atoms with van der Waals surface area (Å²) in [7, 11) is 1.68. The molecule has 0 aromatic heterocycles. The van der Waals surface area contributed by atoms with Gasteiger partial charge in [-0.1, -0.05) is 18.2 Å². The number of benzene rings is 1. The Bertz CT molecular complexity index is 583. The van der Waals surface area contributed by atoms with Crippen molar-refractivity contribution < 1.29 is 14.6 Å². The summed E-state index contributed by atoms with van der Waals surface area (Å²) in [5, 5.41) is 13.4. The van der Waals surface area contributed by atoms with Crippen LogP contribution in [0.4, 0.5) is 0 Å². The van der Waals surface area contributed by atoms with Gasteiger partial charge in [0.15, 0.2) is 11.5 Å². The van der Waals surface area contributed by atoms with Crippen LogP contribution < -0.4 is 14.8 Å². The maximum absolute atomic E-state index is 9.92. The minimum absolute atomic E-state index is 0.00690. The molecule has 20 heavy (non-hydrogen) atoms. The number of ether oxygens (including phenoxy) is 2. The predicted molar refractivity (Wildman–Crippen MR) is 75.2 cm³/mol. The van der Waals surface area contributed by atoms with Gasteiger partial charge >= 0.3 is 0 Å². The highest BCUT2D eigenvalue weighted by Crippen LogP contribution is 2.55. The van der Waals surface area contributed by atoms with E-state index in [0.29, 0.717) is 6.42 Å². The molecule has 2 aliphatic heterocycles. The highest BCUT2D eigenvalue weighted by atomic mass is 16.5. The van der Waals surface area contributed by atoms with E-state index in [1.807, 2.05) is 12.1 Å². The normalized spacial score (nSPS) is 33.9. The summed E-state index contributed by atoms with van der Waals surface area (Å²) in [5.74, 6) is 1.67. The van der Waals surface area contributed by atoms with E-state index in [9.17, 15) is 5.11 Å². The average Bonchev–Trinajstić information content (AvgIpc) is 2.66. The number of rotatable bonds is 1. The van der Waals surface area contributed by atoms with E-state index in [1.54, 1.807) is 7.11 Å². The van der Waals surface area contributed by atoms with Crippen molar-refractivity contribution in [3.8, 4) is 11.5 Å². The SMILES string of the molecule is COc1ccc2c3c1O[C@H]1C[C@@H](O)C=C[C@]31CCNC2. The largest absolute Gasteiger partial charge is 0.493 e. The molecule has 1 aromatic rings. The maximum atomic E-state index is 9.92. The fourth-order valence-electron chi connectivity index (χ4n) is 3.87. The number of methoxy groups -OCH3 is 1. The second kappa shape index (κ2) is 4.24. The molecular weight excluding hydrogens is 254 g/mol. The van der Waals surface area contributed by atoms with Crippen molar-refractivity contribution in [2.45, 2.75) is 37.0 Å². The fourth-order valence-corrected chi connectivity index (χ4v) is 3.87. The summed E-state index contributed by atoms with van der Waals surface area (Å²) >= 11 is 0. The molecule has 0 bridgehead atoms. The lowest BCUT2D eigenvalue weighted by atomic mass is 9.69. The van der Waals surface area contributed by atoms with E-state index in [-0.39, 0.29) is 11.5 Å². The van der Waals surface area contributed by atoms with Crippen LogP contribution in [0.5, 0.6) is 11.5 Å². The van der Waals surface area contributed by atoms with Gasteiger partial charge in [-0.05, 0) is 24.6 Å². The van der Waals surface area contributed by atoms with Crippen LogP contribution in [0.15, 0.2) is 24.3 Å². The monoisotopic (exact) mass is 273 g/mol. The Morgan fingerprint density at radius 2 is 2.35 bits per heavy atom. The summed E-state index contributed by atoms with van der Waals surface area (Å²) in [4.78, 5) is 0.